The number of aryl methyl sites for hydroxylation is 1. The molecule has 0 saturated heterocycles. The highest BCUT2D eigenvalue weighted by Gasteiger charge is 2.02. The number of carbonyl (C=O) groups excluding carboxylic acids is 1. The highest BCUT2D eigenvalue weighted by Crippen LogP contribution is 2.04. The summed E-state index contributed by atoms with van der Waals surface area (Å²) in [6.45, 7) is 0.584. The molecular formula is C20H20N4O2. The maximum absolute atomic E-state index is 12.3. The van der Waals surface area contributed by atoms with Crippen LogP contribution in [0.25, 0.3) is 17.1 Å². The molecule has 6 nitrogen and oxygen atoms in total. The fourth-order valence-corrected chi connectivity index (χ4v) is 2.58. The first-order chi connectivity index (χ1) is 12.7. The number of unbranched alkanes of at least 4 members (excludes halogenated alkanes) is 1. The molecule has 1 aromatic carbocycles. The summed E-state index contributed by atoms with van der Waals surface area (Å²) in [7, 11) is 0. The first-order valence-corrected chi connectivity index (χ1v) is 8.56. The van der Waals surface area contributed by atoms with Gasteiger partial charge >= 0.3 is 0 Å². The lowest BCUT2D eigenvalue weighted by Crippen LogP contribution is -2.23. The lowest BCUT2D eigenvalue weighted by Gasteiger charge is -2.03. The van der Waals surface area contributed by atoms with Gasteiger partial charge in [-0.15, -0.1) is 0 Å². The number of pyridine rings is 1. The largest absolute Gasteiger partial charge is 0.353 e. The Labute approximate surface area is 151 Å². The van der Waals surface area contributed by atoms with Crippen LogP contribution in [0, 0.1) is 0 Å². The second-order valence-electron chi connectivity index (χ2n) is 5.86. The van der Waals surface area contributed by atoms with E-state index < -0.39 is 0 Å². The van der Waals surface area contributed by atoms with Gasteiger partial charge in [0, 0.05) is 30.7 Å². The molecular weight excluding hydrogens is 328 g/mol. The van der Waals surface area contributed by atoms with Crippen LogP contribution in [0.2, 0.25) is 0 Å². The molecule has 6 heteroatoms. The van der Waals surface area contributed by atoms with Crippen LogP contribution in [0.1, 0.15) is 18.5 Å². The van der Waals surface area contributed by atoms with Gasteiger partial charge in [0.2, 0.25) is 5.91 Å². The van der Waals surface area contributed by atoms with Gasteiger partial charge in [-0.3, -0.25) is 19.1 Å². The van der Waals surface area contributed by atoms with E-state index in [1.54, 1.807) is 24.4 Å². The van der Waals surface area contributed by atoms with Gasteiger partial charge in [0.05, 0.1) is 10.9 Å². The Morgan fingerprint density at radius 2 is 1.92 bits per heavy atom. The van der Waals surface area contributed by atoms with Gasteiger partial charge in [-0.05, 0) is 43.5 Å². The topological polar surface area (TPSA) is 76.9 Å². The van der Waals surface area contributed by atoms with Gasteiger partial charge in [-0.25, -0.2) is 4.98 Å². The molecule has 0 fully saturated rings. The molecule has 2 heterocycles. The number of para-hydroxylation sites is 1. The molecule has 2 aromatic heterocycles. The van der Waals surface area contributed by atoms with Crippen molar-refractivity contribution in [3.8, 4) is 0 Å². The molecule has 0 aliphatic carbocycles. The van der Waals surface area contributed by atoms with E-state index >= 15 is 0 Å². The van der Waals surface area contributed by atoms with Gasteiger partial charge in [-0.1, -0.05) is 18.2 Å². The first-order valence-electron chi connectivity index (χ1n) is 8.56. The van der Waals surface area contributed by atoms with Crippen molar-refractivity contribution in [3.05, 3.63) is 77.1 Å². The SMILES string of the molecule is O=C(C=Cn1cnc2ccccc2c1=O)NCCCCc1ccccn1. The fraction of sp³-hybridized carbons (Fsp3) is 0.200. The summed E-state index contributed by atoms with van der Waals surface area (Å²) in [4.78, 5) is 32.7. The molecule has 0 aliphatic rings. The number of carbonyl (C=O) groups is 1. The normalized spacial score (nSPS) is 11.1. The number of benzene rings is 1. The number of amides is 1. The lowest BCUT2D eigenvalue weighted by atomic mass is 10.2. The molecule has 3 rings (SSSR count). The molecule has 1 N–H and O–H groups in total. The van der Waals surface area contributed by atoms with Crippen molar-refractivity contribution in [3.63, 3.8) is 0 Å². The molecule has 0 bridgehead atoms. The number of nitrogens with zero attached hydrogens (tertiary/aromatic N) is 3. The van der Waals surface area contributed by atoms with E-state index in [0.717, 1.165) is 25.0 Å². The summed E-state index contributed by atoms with van der Waals surface area (Å²) in [5.41, 5.74) is 1.50. The van der Waals surface area contributed by atoms with Crippen LogP contribution in [0.5, 0.6) is 0 Å². The van der Waals surface area contributed by atoms with E-state index in [4.69, 9.17) is 0 Å². The Balaban J connectivity index is 1.47. The van der Waals surface area contributed by atoms with Crippen molar-refractivity contribution in [1.29, 1.82) is 0 Å². The Morgan fingerprint density at radius 1 is 1.08 bits per heavy atom. The number of rotatable bonds is 7. The van der Waals surface area contributed by atoms with Crippen LogP contribution in [0.4, 0.5) is 0 Å². The van der Waals surface area contributed by atoms with Gasteiger partial charge < -0.3 is 5.32 Å². The van der Waals surface area contributed by atoms with Crippen molar-refractivity contribution in [2.24, 2.45) is 0 Å². The number of nitrogens with one attached hydrogen (secondary N) is 1. The predicted molar refractivity (Wildman–Crippen MR) is 102 cm³/mol. The summed E-state index contributed by atoms with van der Waals surface area (Å²) >= 11 is 0. The van der Waals surface area contributed by atoms with Crippen LogP contribution in [-0.2, 0) is 11.2 Å². The van der Waals surface area contributed by atoms with Gasteiger partial charge in [0.15, 0.2) is 0 Å². The van der Waals surface area contributed by atoms with Gasteiger partial charge in [0.25, 0.3) is 5.56 Å². The fourth-order valence-electron chi connectivity index (χ4n) is 2.58. The molecule has 3 aromatic rings. The van der Waals surface area contributed by atoms with E-state index in [2.05, 4.69) is 15.3 Å². The molecule has 1 amide bonds. The minimum Gasteiger partial charge on any atom is -0.353 e. The number of fused-ring (bicyclic) bond motifs is 1. The molecule has 132 valence electrons. The molecule has 0 radical (unpaired) electrons. The smallest absolute Gasteiger partial charge is 0.265 e. The quantitative estimate of drug-likeness (QED) is 0.525. The highest BCUT2D eigenvalue weighted by molar-refractivity contribution is 5.90. The summed E-state index contributed by atoms with van der Waals surface area (Å²) < 4.78 is 1.31. The Bertz CT molecular complexity index is 964. The Kier molecular flexibility index (Phi) is 5.88. The van der Waals surface area contributed by atoms with Crippen molar-refractivity contribution in [2.75, 3.05) is 6.54 Å². The maximum atomic E-state index is 12.3. The monoisotopic (exact) mass is 348 g/mol. The van der Waals surface area contributed by atoms with Gasteiger partial charge in [0.1, 0.15) is 6.33 Å². The zero-order valence-corrected chi connectivity index (χ0v) is 14.3. The maximum Gasteiger partial charge on any atom is 0.265 e. The van der Waals surface area contributed by atoms with Crippen molar-refractivity contribution < 1.29 is 4.79 Å². The molecule has 0 saturated carbocycles. The van der Waals surface area contributed by atoms with Crippen molar-refractivity contribution in [2.45, 2.75) is 19.3 Å². The zero-order valence-electron chi connectivity index (χ0n) is 14.3. The van der Waals surface area contributed by atoms with Crippen molar-refractivity contribution >= 4 is 23.0 Å². The van der Waals surface area contributed by atoms with E-state index in [1.807, 2.05) is 24.3 Å². The van der Waals surface area contributed by atoms with E-state index in [1.165, 1.54) is 23.2 Å². The number of hydrogen-bond acceptors (Lipinski definition) is 4. The van der Waals surface area contributed by atoms with Crippen molar-refractivity contribution in [1.82, 2.24) is 19.9 Å². The third kappa shape index (κ3) is 4.63. The van der Waals surface area contributed by atoms with E-state index in [-0.39, 0.29) is 11.5 Å². The zero-order chi connectivity index (χ0) is 18.2. The van der Waals surface area contributed by atoms with Crippen LogP contribution in [0.15, 0.2) is 65.9 Å². The molecule has 0 aliphatic heterocycles. The predicted octanol–water partition coefficient (Wildman–Crippen LogP) is 2.40. The van der Waals surface area contributed by atoms with E-state index in [0.29, 0.717) is 17.4 Å². The van der Waals surface area contributed by atoms with E-state index in [9.17, 15) is 9.59 Å². The molecule has 0 atom stereocenters. The summed E-state index contributed by atoms with van der Waals surface area (Å²) in [6.07, 6.45) is 8.70. The Morgan fingerprint density at radius 3 is 2.77 bits per heavy atom. The van der Waals surface area contributed by atoms with Gasteiger partial charge in [-0.2, -0.15) is 0 Å². The number of aromatic nitrogens is 3. The molecule has 26 heavy (non-hydrogen) atoms. The third-order valence-corrected chi connectivity index (χ3v) is 3.96. The molecule has 0 spiro atoms. The summed E-state index contributed by atoms with van der Waals surface area (Å²) in [6, 6.07) is 13.0. The second kappa shape index (κ2) is 8.71. The lowest BCUT2D eigenvalue weighted by molar-refractivity contribution is -0.116. The number of hydrogen-bond donors (Lipinski definition) is 1. The van der Waals surface area contributed by atoms with Crippen LogP contribution < -0.4 is 10.9 Å². The van der Waals surface area contributed by atoms with Crippen LogP contribution in [-0.4, -0.2) is 27.0 Å². The average molecular weight is 348 g/mol. The van der Waals surface area contributed by atoms with Crippen LogP contribution >= 0.6 is 0 Å². The molecule has 0 unspecified atom stereocenters. The summed E-state index contributed by atoms with van der Waals surface area (Å²) in [5.74, 6) is -0.233. The minimum atomic E-state index is -0.233. The highest BCUT2D eigenvalue weighted by atomic mass is 16.1. The first kappa shape index (κ1) is 17.5. The minimum absolute atomic E-state index is 0.199. The second-order valence-corrected chi connectivity index (χ2v) is 5.86. The summed E-state index contributed by atoms with van der Waals surface area (Å²) in [5, 5.41) is 3.34. The average Bonchev–Trinajstić information content (AvgIpc) is 2.68. The van der Waals surface area contributed by atoms with Crippen LogP contribution in [0.3, 0.4) is 0 Å². The standard InChI is InChI=1S/C20H20N4O2/c25-19(22-13-6-4-8-16-7-3-5-12-21-16)11-14-24-15-23-18-10-2-1-9-17(18)20(24)26/h1-3,5,7,9-12,14-15H,4,6,8,13H2,(H,22,25). The Hall–Kier alpha value is -3.28. The third-order valence-electron chi connectivity index (χ3n) is 3.96.